The van der Waals surface area contributed by atoms with Gasteiger partial charge in [-0.05, 0) is 155 Å². The molecule has 0 saturated heterocycles. The van der Waals surface area contributed by atoms with Crippen molar-refractivity contribution in [2.24, 2.45) is 5.92 Å². The van der Waals surface area contributed by atoms with Crippen LogP contribution < -0.4 is 14.4 Å². The van der Waals surface area contributed by atoms with Crippen LogP contribution in [-0.2, 0) is 10.8 Å². The molecule has 8 aromatic carbocycles. The predicted octanol–water partition coefficient (Wildman–Crippen LogP) is 18.1. The molecule has 2 fully saturated rings. The Kier molecular flexibility index (Phi) is 9.38. The highest BCUT2D eigenvalue weighted by molar-refractivity contribution is 5.93. The number of allylic oxidation sites excluding steroid dienone is 4. The molecule has 7 aliphatic rings. The minimum absolute atomic E-state index is 0.221. The molecular formula is C68H57NO2. The van der Waals surface area contributed by atoms with Gasteiger partial charge in [-0.1, -0.05) is 172 Å². The van der Waals surface area contributed by atoms with Crippen molar-refractivity contribution < 1.29 is 9.47 Å². The molecule has 3 heteroatoms. The van der Waals surface area contributed by atoms with E-state index in [2.05, 4.69) is 199 Å². The van der Waals surface area contributed by atoms with E-state index in [-0.39, 0.29) is 5.92 Å². The lowest BCUT2D eigenvalue weighted by Gasteiger charge is -2.43. The topological polar surface area (TPSA) is 21.7 Å². The van der Waals surface area contributed by atoms with Gasteiger partial charge in [-0.25, -0.2) is 0 Å². The molecule has 0 aromatic heterocycles. The Labute approximate surface area is 418 Å². The first-order valence-corrected chi connectivity index (χ1v) is 26.6. The highest BCUT2D eigenvalue weighted by atomic mass is 16.5. The molecule has 0 N–H and O–H groups in total. The maximum atomic E-state index is 7.15. The van der Waals surface area contributed by atoms with Crippen LogP contribution in [0.15, 0.2) is 194 Å². The summed E-state index contributed by atoms with van der Waals surface area (Å²) in [5, 5.41) is 0. The molecule has 2 spiro atoms. The average molecular weight is 920 g/mol. The molecular weight excluding hydrogens is 863 g/mol. The highest BCUT2D eigenvalue weighted by Crippen LogP contribution is 2.67. The summed E-state index contributed by atoms with van der Waals surface area (Å²) >= 11 is 0. The quantitative estimate of drug-likeness (QED) is 0.172. The number of ether oxygens (including phenoxy) is 2. The molecule has 71 heavy (non-hydrogen) atoms. The second kappa shape index (κ2) is 16.1. The maximum absolute atomic E-state index is 7.15. The van der Waals surface area contributed by atoms with Gasteiger partial charge in [0, 0.05) is 45.2 Å². The van der Waals surface area contributed by atoms with Crippen LogP contribution >= 0.6 is 0 Å². The van der Waals surface area contributed by atoms with E-state index in [4.69, 9.17) is 9.47 Å². The number of anilines is 3. The summed E-state index contributed by atoms with van der Waals surface area (Å²) in [4.78, 5) is 2.52. The van der Waals surface area contributed by atoms with Gasteiger partial charge in [-0.3, -0.25) is 0 Å². The normalized spacial score (nSPS) is 19.4. The molecule has 0 bridgehead atoms. The van der Waals surface area contributed by atoms with E-state index in [0.717, 1.165) is 46.5 Å². The molecule has 1 unspecified atom stereocenters. The van der Waals surface area contributed by atoms with Gasteiger partial charge in [0.2, 0.25) is 0 Å². The Hall–Kier alpha value is -7.36. The van der Waals surface area contributed by atoms with Crippen LogP contribution in [0.25, 0.3) is 16.7 Å². The Morgan fingerprint density at radius 3 is 1.55 bits per heavy atom. The van der Waals surface area contributed by atoms with Crippen molar-refractivity contribution in [2.75, 3.05) is 4.90 Å². The number of rotatable bonds is 5. The summed E-state index contributed by atoms with van der Waals surface area (Å²) in [6.45, 7) is 0. The molecule has 2 aliphatic heterocycles. The number of benzene rings is 8. The lowest BCUT2D eigenvalue weighted by Crippen LogP contribution is -2.37. The third-order valence-corrected chi connectivity index (χ3v) is 18.0. The largest absolute Gasteiger partial charge is 0.457 e. The van der Waals surface area contributed by atoms with Crippen molar-refractivity contribution in [3.8, 4) is 34.1 Å². The Bertz CT molecular complexity index is 3400. The fourth-order valence-electron chi connectivity index (χ4n) is 15.0. The van der Waals surface area contributed by atoms with E-state index in [1.807, 2.05) is 0 Å². The van der Waals surface area contributed by atoms with Gasteiger partial charge >= 0.3 is 0 Å². The van der Waals surface area contributed by atoms with E-state index < -0.39 is 10.8 Å². The van der Waals surface area contributed by atoms with Crippen LogP contribution in [-0.4, -0.2) is 0 Å². The standard InChI is InChI=1S/C68H57NO2/c1-4-18-44(19-5-1)46-32-38-65-61(40-46)68(62-41-47(33-39-66(62)71-65)45-20-6-2-7-21-45)56-27-13-11-25-52(56)54-37-35-50(43-60(54)68)69(48-22-8-3-9-23-48)49-34-36-53-51-24-10-12-26-55(51)67(59(53)42-49)57-28-14-16-30-63(57)70-64-31-17-15-29-58(64)67/h3,8-17,22-25,27-45,55H,1-2,4-7,18-21,26H2. The molecule has 15 rings (SSSR count). The smallest absolute Gasteiger partial charge is 0.132 e. The number of nitrogens with zero attached hydrogens (tertiary/aromatic N) is 1. The van der Waals surface area contributed by atoms with Crippen LogP contribution in [0.5, 0.6) is 23.0 Å². The molecule has 2 saturated carbocycles. The number of para-hydroxylation sites is 3. The summed E-state index contributed by atoms with van der Waals surface area (Å²) < 4.78 is 13.9. The SMILES string of the molecule is C1=CCC2C(=C1)c1ccc(N(c3ccccc3)c3ccc4c(c3)C3(c5cc(C6CCCCC6)ccc5Oc5ccc(C6CCCCC6)cc53)c3ccccc3-4)cc1C21c2ccccc2Oc2ccccc21. The molecule has 0 radical (unpaired) electrons. The Morgan fingerprint density at radius 1 is 0.394 bits per heavy atom. The maximum Gasteiger partial charge on any atom is 0.132 e. The van der Waals surface area contributed by atoms with E-state index >= 15 is 0 Å². The molecule has 8 aromatic rings. The van der Waals surface area contributed by atoms with E-state index in [1.54, 1.807) is 0 Å². The second-order valence-electron chi connectivity index (χ2n) is 21.5. The van der Waals surface area contributed by atoms with Crippen LogP contribution in [0.2, 0.25) is 0 Å². The summed E-state index contributed by atoms with van der Waals surface area (Å²) in [5.74, 6) is 5.17. The predicted molar refractivity (Wildman–Crippen MR) is 288 cm³/mol. The molecule has 3 nitrogen and oxygen atoms in total. The number of hydrogen-bond acceptors (Lipinski definition) is 3. The summed E-state index contributed by atoms with van der Waals surface area (Å²) in [7, 11) is 0. The Balaban J connectivity index is 0.981. The first-order valence-electron chi connectivity index (χ1n) is 26.6. The van der Waals surface area contributed by atoms with Crippen molar-refractivity contribution in [2.45, 2.75) is 93.3 Å². The molecule has 0 amide bonds. The van der Waals surface area contributed by atoms with Gasteiger partial charge in [0.15, 0.2) is 0 Å². The third kappa shape index (κ3) is 5.96. The zero-order chi connectivity index (χ0) is 46.7. The van der Waals surface area contributed by atoms with Crippen molar-refractivity contribution in [1.29, 1.82) is 0 Å². The van der Waals surface area contributed by atoms with Crippen LogP contribution in [0.1, 0.15) is 138 Å². The fraction of sp³-hybridized carbons (Fsp3) is 0.235. The van der Waals surface area contributed by atoms with Crippen molar-refractivity contribution in [1.82, 2.24) is 0 Å². The van der Waals surface area contributed by atoms with Crippen LogP contribution in [0.4, 0.5) is 17.1 Å². The summed E-state index contributed by atoms with van der Waals surface area (Å²) in [6, 6.07) is 67.2. The fourth-order valence-corrected chi connectivity index (χ4v) is 15.0. The highest BCUT2D eigenvalue weighted by Gasteiger charge is 2.56. The van der Waals surface area contributed by atoms with Gasteiger partial charge in [-0.2, -0.15) is 0 Å². The van der Waals surface area contributed by atoms with Gasteiger partial charge in [-0.15, -0.1) is 0 Å². The van der Waals surface area contributed by atoms with Gasteiger partial charge in [0.1, 0.15) is 23.0 Å². The minimum atomic E-state index is -0.588. The van der Waals surface area contributed by atoms with Crippen LogP contribution in [0.3, 0.4) is 0 Å². The number of fused-ring (bicyclic) bond motifs is 18. The van der Waals surface area contributed by atoms with Crippen molar-refractivity contribution in [3.63, 3.8) is 0 Å². The van der Waals surface area contributed by atoms with Gasteiger partial charge in [0.05, 0.1) is 10.8 Å². The van der Waals surface area contributed by atoms with Crippen LogP contribution in [0, 0.1) is 5.92 Å². The lowest BCUT2D eigenvalue weighted by atomic mass is 9.62. The van der Waals surface area contributed by atoms with Crippen molar-refractivity contribution in [3.05, 3.63) is 250 Å². The first kappa shape index (κ1) is 41.4. The van der Waals surface area contributed by atoms with Crippen molar-refractivity contribution >= 4 is 22.6 Å². The Morgan fingerprint density at radius 2 is 0.915 bits per heavy atom. The monoisotopic (exact) mass is 919 g/mol. The van der Waals surface area contributed by atoms with E-state index in [1.165, 1.54) is 137 Å². The lowest BCUT2D eigenvalue weighted by molar-refractivity contribution is 0.383. The second-order valence-corrected chi connectivity index (χ2v) is 21.5. The summed E-state index contributed by atoms with van der Waals surface area (Å²) in [5.41, 5.74) is 19.7. The third-order valence-electron chi connectivity index (χ3n) is 18.0. The zero-order valence-corrected chi connectivity index (χ0v) is 40.2. The number of hydrogen-bond donors (Lipinski definition) is 0. The minimum Gasteiger partial charge on any atom is -0.457 e. The van der Waals surface area contributed by atoms with E-state index in [0.29, 0.717) is 11.8 Å². The summed E-state index contributed by atoms with van der Waals surface area (Å²) in [6.07, 6.45) is 20.8. The van der Waals surface area contributed by atoms with E-state index in [9.17, 15) is 0 Å². The molecule has 2 heterocycles. The van der Waals surface area contributed by atoms with Gasteiger partial charge < -0.3 is 14.4 Å². The zero-order valence-electron chi connectivity index (χ0n) is 40.2. The van der Waals surface area contributed by atoms with Gasteiger partial charge in [0.25, 0.3) is 0 Å². The molecule has 5 aliphatic carbocycles. The first-order chi connectivity index (χ1) is 35.2. The average Bonchev–Trinajstić information content (AvgIpc) is 3.89. The molecule has 1 atom stereocenters. The molecule has 346 valence electrons.